The van der Waals surface area contributed by atoms with Crippen molar-refractivity contribution in [2.24, 2.45) is 5.92 Å². The van der Waals surface area contributed by atoms with Crippen molar-refractivity contribution in [2.75, 3.05) is 7.11 Å². The lowest BCUT2D eigenvalue weighted by Gasteiger charge is -2.23. The number of phenols is 1. The minimum atomic E-state index is -1.33. The molecule has 7 nitrogen and oxygen atoms in total. The average molecular weight is 378 g/mol. The van der Waals surface area contributed by atoms with Crippen LogP contribution in [0, 0.1) is 5.92 Å². The summed E-state index contributed by atoms with van der Waals surface area (Å²) in [6.45, 7) is 3.55. The van der Waals surface area contributed by atoms with Gasteiger partial charge < -0.3 is 19.7 Å². The number of carbonyl (C=O) groups excluding carboxylic acids is 3. The van der Waals surface area contributed by atoms with E-state index >= 15 is 0 Å². The Bertz CT molecular complexity index is 725. The number of fused-ring (bicyclic) bond motifs is 1. The van der Waals surface area contributed by atoms with E-state index in [9.17, 15) is 24.6 Å². The van der Waals surface area contributed by atoms with Crippen LogP contribution in [0.15, 0.2) is 12.1 Å². The molecule has 27 heavy (non-hydrogen) atoms. The van der Waals surface area contributed by atoms with Crippen molar-refractivity contribution in [1.82, 2.24) is 0 Å². The summed E-state index contributed by atoms with van der Waals surface area (Å²) in [4.78, 5) is 36.7. The minimum Gasteiger partial charge on any atom is -0.507 e. The van der Waals surface area contributed by atoms with E-state index < -0.39 is 29.7 Å². The van der Waals surface area contributed by atoms with Gasteiger partial charge in [0.1, 0.15) is 29.3 Å². The third-order valence-electron chi connectivity index (χ3n) is 5.03. The molecule has 7 heteroatoms. The van der Waals surface area contributed by atoms with Gasteiger partial charge in [0.2, 0.25) is 11.6 Å². The van der Waals surface area contributed by atoms with E-state index in [4.69, 9.17) is 9.47 Å². The Labute approximate surface area is 158 Å². The van der Waals surface area contributed by atoms with Crippen LogP contribution in [0.25, 0.3) is 0 Å². The highest BCUT2D eigenvalue weighted by atomic mass is 16.5. The van der Waals surface area contributed by atoms with Gasteiger partial charge in [0.05, 0.1) is 7.11 Å². The van der Waals surface area contributed by atoms with Crippen molar-refractivity contribution in [1.29, 1.82) is 0 Å². The molecule has 1 heterocycles. The fourth-order valence-electron chi connectivity index (χ4n) is 3.09. The predicted molar refractivity (Wildman–Crippen MR) is 96.9 cm³/mol. The van der Waals surface area contributed by atoms with Crippen molar-refractivity contribution in [2.45, 2.75) is 58.2 Å². The number of benzene rings is 1. The van der Waals surface area contributed by atoms with Gasteiger partial charge in [-0.05, 0) is 50.2 Å². The summed E-state index contributed by atoms with van der Waals surface area (Å²) >= 11 is 0. The molecule has 0 radical (unpaired) electrons. The zero-order valence-corrected chi connectivity index (χ0v) is 15.9. The van der Waals surface area contributed by atoms with Crippen LogP contribution in [0.3, 0.4) is 0 Å². The van der Waals surface area contributed by atoms with Crippen LogP contribution in [0.5, 0.6) is 11.5 Å². The minimum absolute atomic E-state index is 0.0470. The van der Waals surface area contributed by atoms with E-state index in [2.05, 4.69) is 0 Å². The highest BCUT2D eigenvalue weighted by Gasteiger charge is 2.28. The number of ether oxygens (including phenoxy) is 2. The maximum Gasteiger partial charge on any atom is 0.342 e. The zero-order chi connectivity index (χ0) is 20.1. The van der Waals surface area contributed by atoms with Crippen LogP contribution in [-0.4, -0.2) is 47.1 Å². The van der Waals surface area contributed by atoms with Gasteiger partial charge in [-0.25, -0.2) is 4.79 Å². The van der Waals surface area contributed by atoms with Gasteiger partial charge >= 0.3 is 5.97 Å². The normalized spacial score (nSPS) is 25.3. The predicted octanol–water partition coefficient (Wildman–Crippen LogP) is 2.20. The number of rotatable bonds is 1. The van der Waals surface area contributed by atoms with Crippen LogP contribution in [0.1, 0.15) is 55.5 Å². The number of aliphatic hydroxyl groups is 1. The summed E-state index contributed by atoms with van der Waals surface area (Å²) in [5.74, 6) is -2.07. The molecular weight excluding hydrogens is 352 g/mol. The molecule has 1 aromatic carbocycles. The molecule has 1 unspecified atom stereocenters. The Hall–Kier alpha value is -2.41. The largest absolute Gasteiger partial charge is 0.507 e. The summed E-state index contributed by atoms with van der Waals surface area (Å²) < 4.78 is 10.6. The topological polar surface area (TPSA) is 110 Å². The SMILES string of the molecule is COc1cc(O)c2c(c1)CCCC(=O)C(=O)C(O)CC[C@@H](C)[C@H](C)OC2=O. The molecule has 0 aliphatic carbocycles. The molecule has 1 aliphatic heterocycles. The highest BCUT2D eigenvalue weighted by molar-refractivity contribution is 6.38. The number of aromatic hydroxyl groups is 1. The van der Waals surface area contributed by atoms with E-state index in [1.165, 1.54) is 13.2 Å². The lowest BCUT2D eigenvalue weighted by Crippen LogP contribution is -2.30. The van der Waals surface area contributed by atoms with Gasteiger partial charge in [-0.3, -0.25) is 9.59 Å². The molecule has 148 valence electrons. The number of ketones is 2. The Balaban J connectivity index is 2.38. The Morgan fingerprint density at radius 1 is 1.11 bits per heavy atom. The molecule has 0 saturated heterocycles. The first-order valence-corrected chi connectivity index (χ1v) is 9.10. The molecule has 1 aliphatic rings. The lowest BCUT2D eigenvalue weighted by molar-refractivity contribution is -0.142. The molecular formula is C20H26O7. The van der Waals surface area contributed by atoms with E-state index in [1.54, 1.807) is 13.0 Å². The summed E-state index contributed by atoms with van der Waals surface area (Å²) in [5.41, 5.74) is 0.528. The molecule has 2 rings (SSSR count). The first-order chi connectivity index (χ1) is 12.7. The summed E-state index contributed by atoms with van der Waals surface area (Å²) in [6, 6.07) is 2.94. The number of hydrogen-bond acceptors (Lipinski definition) is 7. The van der Waals surface area contributed by atoms with Crippen LogP contribution < -0.4 is 4.74 Å². The van der Waals surface area contributed by atoms with E-state index in [1.807, 2.05) is 6.92 Å². The van der Waals surface area contributed by atoms with Gasteiger partial charge in [-0.2, -0.15) is 0 Å². The van der Waals surface area contributed by atoms with Gasteiger partial charge in [0.15, 0.2) is 0 Å². The third kappa shape index (κ3) is 5.07. The maximum atomic E-state index is 12.6. The van der Waals surface area contributed by atoms with Gasteiger partial charge in [0.25, 0.3) is 0 Å². The first-order valence-electron chi connectivity index (χ1n) is 9.10. The summed E-state index contributed by atoms with van der Waals surface area (Å²) in [5, 5.41) is 20.2. The highest BCUT2D eigenvalue weighted by Crippen LogP contribution is 2.31. The smallest absolute Gasteiger partial charge is 0.342 e. The summed E-state index contributed by atoms with van der Waals surface area (Å²) in [6.07, 6.45) is -0.767. The lowest BCUT2D eigenvalue weighted by atomic mass is 9.93. The Morgan fingerprint density at radius 3 is 2.48 bits per heavy atom. The number of methoxy groups -OCH3 is 1. The molecule has 0 fully saturated rings. The van der Waals surface area contributed by atoms with Crippen molar-refractivity contribution in [3.63, 3.8) is 0 Å². The van der Waals surface area contributed by atoms with E-state index in [-0.39, 0.29) is 42.9 Å². The van der Waals surface area contributed by atoms with Crippen LogP contribution in [0.2, 0.25) is 0 Å². The van der Waals surface area contributed by atoms with Gasteiger partial charge in [-0.1, -0.05) is 6.92 Å². The van der Waals surface area contributed by atoms with Crippen molar-refractivity contribution in [3.8, 4) is 11.5 Å². The Kier molecular flexibility index (Phi) is 6.96. The number of hydrogen-bond donors (Lipinski definition) is 2. The Morgan fingerprint density at radius 2 is 1.81 bits per heavy atom. The van der Waals surface area contributed by atoms with Gasteiger partial charge in [-0.15, -0.1) is 0 Å². The van der Waals surface area contributed by atoms with Crippen LogP contribution in [0.4, 0.5) is 0 Å². The number of Topliss-reactive ketones (excluding diaryl/α,β-unsaturated/α-hetero) is 2. The molecule has 0 amide bonds. The van der Waals surface area contributed by atoms with E-state index in [0.717, 1.165) is 0 Å². The maximum absolute atomic E-state index is 12.6. The molecule has 0 spiro atoms. The number of phenolic OH excluding ortho intramolecular Hbond substituents is 1. The second-order valence-corrected chi connectivity index (χ2v) is 7.00. The molecule has 1 aromatic rings. The van der Waals surface area contributed by atoms with E-state index in [0.29, 0.717) is 17.7 Å². The molecule has 0 bridgehead atoms. The second-order valence-electron chi connectivity index (χ2n) is 7.00. The molecule has 3 atom stereocenters. The first kappa shape index (κ1) is 20.9. The molecule has 0 saturated carbocycles. The fourth-order valence-corrected chi connectivity index (χ4v) is 3.09. The standard InChI is InChI=1S/C20H26O7/c1-11-7-8-16(22)19(24)15(21)6-4-5-13-9-14(26-3)10-17(23)18(13)20(25)27-12(11)2/h9-12,16,22-23H,4-8H2,1-3H3/t11-,12+,16?/m1/s1. The zero-order valence-electron chi connectivity index (χ0n) is 15.9. The second kappa shape index (κ2) is 8.99. The molecule has 0 aromatic heterocycles. The number of esters is 1. The van der Waals surface area contributed by atoms with Crippen LogP contribution >= 0.6 is 0 Å². The van der Waals surface area contributed by atoms with Gasteiger partial charge in [0, 0.05) is 12.5 Å². The number of cyclic esters (lactones) is 1. The quantitative estimate of drug-likeness (QED) is 0.569. The van der Waals surface area contributed by atoms with Crippen molar-refractivity contribution in [3.05, 3.63) is 23.3 Å². The number of aryl methyl sites for hydroxylation is 1. The van der Waals surface area contributed by atoms with Crippen molar-refractivity contribution < 1.29 is 34.1 Å². The van der Waals surface area contributed by atoms with Crippen LogP contribution in [-0.2, 0) is 20.7 Å². The number of aliphatic hydroxyl groups excluding tert-OH is 1. The van der Waals surface area contributed by atoms with Crippen molar-refractivity contribution >= 4 is 17.5 Å². The fraction of sp³-hybridized carbons (Fsp3) is 0.550. The number of carbonyl (C=O) groups is 3. The monoisotopic (exact) mass is 378 g/mol. The molecule has 2 N–H and O–H groups in total. The third-order valence-corrected chi connectivity index (χ3v) is 5.03. The summed E-state index contributed by atoms with van der Waals surface area (Å²) in [7, 11) is 1.44. The average Bonchev–Trinajstić information content (AvgIpc) is 2.63.